The van der Waals surface area contributed by atoms with E-state index in [0.717, 1.165) is 26.2 Å². The van der Waals surface area contributed by atoms with Gasteiger partial charge in [0, 0.05) is 17.4 Å². The number of Topliss-reactive ketones (excluding diaryl/α,β-unsaturated/α-hetero) is 1. The SMILES string of the molecule is CC(=O)[C@H]1CC[C@@]2(C)[C@@H]3CC[C@@H]4C(=CC3=CC[C@]12C)CC[C@@H]1N(C)COC[C@]41C. The summed E-state index contributed by atoms with van der Waals surface area (Å²) in [4.78, 5) is 14.9. The molecular weight excluding hydrogens is 358 g/mol. The molecule has 2 saturated carbocycles. The molecule has 0 N–H and O–H groups in total. The summed E-state index contributed by atoms with van der Waals surface area (Å²) in [6.07, 6.45) is 13.5. The molecule has 3 fully saturated rings. The van der Waals surface area contributed by atoms with Crippen LogP contribution in [-0.2, 0) is 9.53 Å². The summed E-state index contributed by atoms with van der Waals surface area (Å²) < 4.78 is 6.05. The van der Waals surface area contributed by atoms with Gasteiger partial charge >= 0.3 is 0 Å². The van der Waals surface area contributed by atoms with Gasteiger partial charge in [0.15, 0.2) is 0 Å². The molecule has 0 radical (unpaired) electrons. The molecule has 4 aliphatic carbocycles. The number of hydrogen-bond donors (Lipinski definition) is 0. The quantitative estimate of drug-likeness (QED) is 0.596. The van der Waals surface area contributed by atoms with Crippen molar-refractivity contribution < 1.29 is 9.53 Å². The highest BCUT2D eigenvalue weighted by atomic mass is 16.5. The number of nitrogens with zero attached hydrogens (tertiary/aromatic N) is 1. The Morgan fingerprint density at radius 3 is 2.62 bits per heavy atom. The normalized spacial score (nSPS) is 49.7. The molecule has 3 heteroatoms. The molecule has 1 heterocycles. The van der Waals surface area contributed by atoms with Crippen LogP contribution in [0, 0.1) is 34.0 Å². The van der Waals surface area contributed by atoms with Crippen LogP contribution in [0.3, 0.4) is 0 Å². The number of carbonyl (C=O) groups is 1. The molecule has 0 amide bonds. The van der Waals surface area contributed by atoms with Crippen molar-refractivity contribution in [3.63, 3.8) is 0 Å². The zero-order valence-corrected chi connectivity index (χ0v) is 19.1. The van der Waals surface area contributed by atoms with Crippen molar-refractivity contribution in [1.29, 1.82) is 0 Å². The lowest BCUT2D eigenvalue weighted by Crippen LogP contribution is -2.58. The molecule has 7 atom stereocenters. The van der Waals surface area contributed by atoms with E-state index in [1.54, 1.807) is 11.1 Å². The molecule has 0 aromatic carbocycles. The Hall–Kier alpha value is -0.930. The van der Waals surface area contributed by atoms with Crippen LogP contribution in [0.5, 0.6) is 0 Å². The lowest BCUT2D eigenvalue weighted by molar-refractivity contribution is -0.143. The smallest absolute Gasteiger partial charge is 0.133 e. The van der Waals surface area contributed by atoms with Gasteiger partial charge in [-0.15, -0.1) is 0 Å². The van der Waals surface area contributed by atoms with Gasteiger partial charge in [0.1, 0.15) is 5.78 Å². The van der Waals surface area contributed by atoms with Gasteiger partial charge in [0.2, 0.25) is 0 Å². The van der Waals surface area contributed by atoms with Crippen LogP contribution in [0.1, 0.15) is 72.6 Å². The third-order valence-electron chi connectivity index (χ3n) is 10.5. The Morgan fingerprint density at radius 2 is 1.86 bits per heavy atom. The largest absolute Gasteiger partial charge is 0.365 e. The maximum atomic E-state index is 12.5. The maximum Gasteiger partial charge on any atom is 0.133 e. The molecule has 0 spiro atoms. The summed E-state index contributed by atoms with van der Waals surface area (Å²) in [6, 6.07) is 0.641. The fraction of sp³-hybridized carbons (Fsp3) is 0.808. The molecule has 29 heavy (non-hydrogen) atoms. The fourth-order valence-corrected chi connectivity index (χ4v) is 8.65. The van der Waals surface area contributed by atoms with Crippen LogP contribution in [0.25, 0.3) is 0 Å². The summed E-state index contributed by atoms with van der Waals surface area (Å²) in [5.74, 6) is 1.89. The molecule has 5 rings (SSSR count). The molecule has 5 aliphatic rings. The van der Waals surface area contributed by atoms with Crippen molar-refractivity contribution in [3.8, 4) is 0 Å². The van der Waals surface area contributed by atoms with Gasteiger partial charge in [0.25, 0.3) is 0 Å². The number of fused-ring (bicyclic) bond motifs is 6. The van der Waals surface area contributed by atoms with E-state index in [-0.39, 0.29) is 22.2 Å². The maximum absolute atomic E-state index is 12.5. The first-order chi connectivity index (χ1) is 13.7. The predicted octanol–water partition coefficient (Wildman–Crippen LogP) is 5.37. The van der Waals surface area contributed by atoms with Crippen LogP contribution in [0.4, 0.5) is 0 Å². The third-order valence-corrected chi connectivity index (χ3v) is 10.5. The summed E-state index contributed by atoms with van der Waals surface area (Å²) in [5.41, 5.74) is 3.88. The highest BCUT2D eigenvalue weighted by Gasteiger charge is 2.61. The van der Waals surface area contributed by atoms with E-state index in [2.05, 4.69) is 44.9 Å². The van der Waals surface area contributed by atoms with E-state index >= 15 is 0 Å². The monoisotopic (exact) mass is 397 g/mol. The second kappa shape index (κ2) is 6.53. The first-order valence-corrected chi connectivity index (χ1v) is 11.9. The van der Waals surface area contributed by atoms with Crippen LogP contribution < -0.4 is 0 Å². The Morgan fingerprint density at radius 1 is 1.10 bits per heavy atom. The molecule has 0 aromatic heterocycles. The lowest BCUT2D eigenvalue weighted by Gasteiger charge is -2.54. The van der Waals surface area contributed by atoms with Crippen molar-refractivity contribution in [1.82, 2.24) is 4.90 Å². The van der Waals surface area contributed by atoms with E-state index in [1.807, 2.05) is 6.92 Å². The predicted molar refractivity (Wildman–Crippen MR) is 116 cm³/mol. The number of carbonyl (C=O) groups excluding carboxylic acids is 1. The molecule has 0 aromatic rings. The number of ether oxygens (including phenoxy) is 1. The molecule has 1 aliphatic heterocycles. The second-order valence-electron chi connectivity index (χ2n) is 11.6. The Kier molecular flexibility index (Phi) is 4.51. The zero-order chi connectivity index (χ0) is 20.6. The molecule has 0 bridgehead atoms. The Labute approximate surface area is 176 Å². The molecule has 160 valence electrons. The zero-order valence-electron chi connectivity index (χ0n) is 19.1. The van der Waals surface area contributed by atoms with Gasteiger partial charge in [-0.25, -0.2) is 0 Å². The lowest BCUT2D eigenvalue weighted by atomic mass is 9.52. The number of ketones is 1. The number of rotatable bonds is 1. The van der Waals surface area contributed by atoms with E-state index in [0.29, 0.717) is 23.7 Å². The van der Waals surface area contributed by atoms with Gasteiger partial charge in [0.05, 0.1) is 13.3 Å². The van der Waals surface area contributed by atoms with E-state index < -0.39 is 0 Å². The van der Waals surface area contributed by atoms with Crippen molar-refractivity contribution in [3.05, 3.63) is 23.3 Å². The van der Waals surface area contributed by atoms with E-state index in [4.69, 9.17) is 4.74 Å². The summed E-state index contributed by atoms with van der Waals surface area (Å²) in [5, 5.41) is 0. The number of allylic oxidation sites excluding steroid dienone is 4. The van der Waals surface area contributed by atoms with E-state index in [1.165, 1.54) is 32.1 Å². The van der Waals surface area contributed by atoms with Gasteiger partial charge in [-0.2, -0.15) is 0 Å². The summed E-state index contributed by atoms with van der Waals surface area (Å²) in [6.45, 7) is 10.9. The summed E-state index contributed by atoms with van der Waals surface area (Å²) in [7, 11) is 2.24. The van der Waals surface area contributed by atoms with Gasteiger partial charge < -0.3 is 4.74 Å². The van der Waals surface area contributed by atoms with Gasteiger partial charge in [-0.1, -0.05) is 38.5 Å². The topological polar surface area (TPSA) is 29.5 Å². The van der Waals surface area contributed by atoms with Crippen LogP contribution in [0.2, 0.25) is 0 Å². The molecule has 0 unspecified atom stereocenters. The highest BCUT2D eigenvalue weighted by molar-refractivity contribution is 5.80. The van der Waals surface area contributed by atoms with Crippen LogP contribution in [-0.4, -0.2) is 37.1 Å². The Balaban J connectivity index is 1.51. The van der Waals surface area contributed by atoms with Crippen LogP contribution >= 0.6 is 0 Å². The first-order valence-electron chi connectivity index (χ1n) is 11.9. The fourth-order valence-electron chi connectivity index (χ4n) is 8.65. The first kappa shape index (κ1) is 20.0. The van der Waals surface area contributed by atoms with Gasteiger partial charge in [-0.05, 0) is 87.2 Å². The Bertz CT molecular complexity index is 784. The molecule has 1 saturated heterocycles. The highest BCUT2D eigenvalue weighted by Crippen LogP contribution is 2.67. The second-order valence-corrected chi connectivity index (χ2v) is 11.6. The standard InChI is InChI=1S/C26H39NO2/c1-17(28)20-11-13-26(4)22-8-7-21-18(14-19(22)10-12-25(20,26)3)6-9-23-24(21,2)15-29-16-27(23)5/h10,14,20-23H,6-9,11-13,15-16H2,1-5H3/t20-,21-,22-,23+,24-,25-,26+/m1/s1. The molecule has 3 nitrogen and oxygen atoms in total. The van der Waals surface area contributed by atoms with Crippen molar-refractivity contribution in [2.24, 2.45) is 34.0 Å². The van der Waals surface area contributed by atoms with Gasteiger partial charge in [-0.3, -0.25) is 9.69 Å². The minimum absolute atomic E-state index is 0.127. The minimum Gasteiger partial charge on any atom is -0.365 e. The van der Waals surface area contributed by atoms with Crippen molar-refractivity contribution in [2.75, 3.05) is 20.4 Å². The van der Waals surface area contributed by atoms with Crippen molar-refractivity contribution >= 4 is 5.78 Å². The average molecular weight is 398 g/mol. The van der Waals surface area contributed by atoms with Crippen molar-refractivity contribution in [2.45, 2.75) is 78.7 Å². The minimum atomic E-state index is 0.127. The average Bonchev–Trinajstić information content (AvgIpc) is 2.81. The summed E-state index contributed by atoms with van der Waals surface area (Å²) >= 11 is 0. The van der Waals surface area contributed by atoms with Crippen LogP contribution in [0.15, 0.2) is 23.3 Å². The van der Waals surface area contributed by atoms with E-state index in [9.17, 15) is 4.79 Å². The third kappa shape index (κ3) is 2.59. The number of hydrogen-bond acceptors (Lipinski definition) is 3. The molecular formula is C26H39NO2.